The number of hydrogen-bond donors (Lipinski definition) is 0. The second-order valence-electron chi connectivity index (χ2n) is 15.0. The van der Waals surface area contributed by atoms with Gasteiger partial charge in [-0.3, -0.25) is 6.08 Å². The molecular weight excluding hydrogens is 656 g/mol. The molecule has 0 amide bonds. The van der Waals surface area contributed by atoms with Crippen molar-refractivity contribution in [1.29, 1.82) is 0 Å². The van der Waals surface area contributed by atoms with Crippen molar-refractivity contribution < 1.29 is 24.2 Å². The molecular formula is C47H56Zr. The standard InChI is InChI=1S/C21H25.C13H10.C13H21.Zr/c1-20(2,3)16-7-9-18-14(12-16)11-15-13-17(21(4,5)6)8-10-19(15)18;1-3-7-12(8-4-1)11-13-9-5-2-6-10-13;1-5-10-9-11(6-2)13(8-4)12(10)7-3;/h7-13H,1-6H3;1-10H;10H,5-8H2,1-4H3;/q-1;;-1;+2. The van der Waals surface area contributed by atoms with Gasteiger partial charge in [-0.15, -0.1) is 39.7 Å². The molecule has 1 atom stereocenters. The molecule has 0 saturated heterocycles. The van der Waals surface area contributed by atoms with Crippen LogP contribution in [0.25, 0.3) is 21.5 Å². The van der Waals surface area contributed by atoms with Crippen molar-refractivity contribution in [3.05, 3.63) is 148 Å². The first-order valence-electron chi connectivity index (χ1n) is 18.0. The third-order valence-electron chi connectivity index (χ3n) is 9.58. The van der Waals surface area contributed by atoms with Gasteiger partial charge in [-0.05, 0) is 10.8 Å². The molecule has 0 N–H and O–H groups in total. The van der Waals surface area contributed by atoms with E-state index < -0.39 is 0 Å². The Morgan fingerprint density at radius 1 is 0.625 bits per heavy atom. The van der Waals surface area contributed by atoms with Gasteiger partial charge in [0, 0.05) is 0 Å². The summed E-state index contributed by atoms with van der Waals surface area (Å²) in [5.41, 5.74) is 10.6. The second-order valence-corrected chi connectivity index (χ2v) is 16.2. The number of benzene rings is 4. The fourth-order valence-corrected chi connectivity index (χ4v) is 7.50. The molecule has 0 aliphatic heterocycles. The topological polar surface area (TPSA) is 0 Å². The van der Waals surface area contributed by atoms with E-state index in [0.717, 1.165) is 6.42 Å². The third-order valence-corrected chi connectivity index (χ3v) is 11.0. The van der Waals surface area contributed by atoms with E-state index in [1.165, 1.54) is 96.1 Å². The molecule has 6 rings (SSSR count). The van der Waals surface area contributed by atoms with Gasteiger partial charge in [0.15, 0.2) is 0 Å². The van der Waals surface area contributed by atoms with Crippen LogP contribution < -0.4 is 0 Å². The minimum absolute atomic E-state index is 0.203. The molecule has 1 aliphatic carbocycles. The zero-order chi connectivity index (χ0) is 35.1. The van der Waals surface area contributed by atoms with Crippen molar-refractivity contribution in [1.82, 2.24) is 0 Å². The monoisotopic (exact) mass is 710 g/mol. The van der Waals surface area contributed by atoms with Gasteiger partial charge >= 0.3 is 99.2 Å². The first kappa shape index (κ1) is 37.8. The number of hydrogen-bond acceptors (Lipinski definition) is 0. The summed E-state index contributed by atoms with van der Waals surface area (Å²) in [7, 11) is 0. The fourth-order valence-electron chi connectivity index (χ4n) is 6.68. The Balaban J connectivity index is 0.000000170. The van der Waals surface area contributed by atoms with Crippen molar-refractivity contribution in [2.45, 2.75) is 106 Å². The van der Waals surface area contributed by atoms with E-state index in [4.69, 9.17) is 0 Å². The van der Waals surface area contributed by atoms with Crippen molar-refractivity contribution in [2.24, 2.45) is 5.92 Å². The van der Waals surface area contributed by atoms with Gasteiger partial charge < -0.3 is 0 Å². The summed E-state index contributed by atoms with van der Waals surface area (Å²) < 4.78 is 1.42. The van der Waals surface area contributed by atoms with E-state index in [1.807, 2.05) is 0 Å². The van der Waals surface area contributed by atoms with Crippen molar-refractivity contribution in [3.8, 4) is 0 Å². The Kier molecular flexibility index (Phi) is 13.1. The molecule has 0 aromatic heterocycles. The number of allylic oxidation sites excluding steroid dienone is 4. The fraction of sp³-hybridized carbons (Fsp3) is 0.362. The summed E-state index contributed by atoms with van der Waals surface area (Å²) in [4.78, 5) is 0. The zero-order valence-electron chi connectivity index (χ0n) is 31.2. The molecule has 1 unspecified atom stereocenters. The number of fused-ring (bicyclic) bond motifs is 3. The average Bonchev–Trinajstić information content (AvgIpc) is 3.65. The molecule has 0 radical (unpaired) electrons. The third kappa shape index (κ3) is 9.15. The van der Waals surface area contributed by atoms with E-state index in [2.05, 4.69) is 178 Å². The summed E-state index contributed by atoms with van der Waals surface area (Å²) in [5.74, 6) is 0.634. The Morgan fingerprint density at radius 2 is 1.08 bits per heavy atom. The van der Waals surface area contributed by atoms with Crippen LogP contribution in [0.15, 0.2) is 120 Å². The molecule has 48 heavy (non-hydrogen) atoms. The van der Waals surface area contributed by atoms with E-state index in [-0.39, 0.29) is 10.8 Å². The van der Waals surface area contributed by atoms with E-state index in [1.54, 1.807) is 11.1 Å². The molecule has 0 saturated carbocycles. The predicted octanol–water partition coefficient (Wildman–Crippen LogP) is 13.4. The molecule has 5 aromatic rings. The maximum absolute atomic E-state index is 3.63. The van der Waals surface area contributed by atoms with Crippen LogP contribution in [0.4, 0.5) is 0 Å². The summed E-state index contributed by atoms with van der Waals surface area (Å²) in [6.45, 7) is 22.7. The van der Waals surface area contributed by atoms with Crippen LogP contribution in [0.3, 0.4) is 0 Å². The molecule has 0 heterocycles. The molecule has 0 bridgehead atoms. The summed E-state index contributed by atoms with van der Waals surface area (Å²) in [5, 5.41) is 5.48. The zero-order valence-corrected chi connectivity index (χ0v) is 33.7. The van der Waals surface area contributed by atoms with E-state index in [9.17, 15) is 0 Å². The van der Waals surface area contributed by atoms with Gasteiger partial charge in [-0.2, -0.15) is 11.1 Å². The summed E-state index contributed by atoms with van der Waals surface area (Å²) in [6, 6.07) is 37.3. The van der Waals surface area contributed by atoms with Crippen molar-refractivity contribution in [2.75, 3.05) is 0 Å². The molecule has 5 aromatic carbocycles. The Morgan fingerprint density at radius 3 is 1.44 bits per heavy atom. The molecule has 0 nitrogen and oxygen atoms in total. The Bertz CT molecular complexity index is 1750. The van der Waals surface area contributed by atoms with Crippen LogP contribution >= 0.6 is 0 Å². The SMILES string of the molecule is CC(C)(C)c1ccc2c(c1)[cH-]c1cc(C(C)(C)C)ccc12.CCC1=[C-]C(CC)C(CC)=C1CC.[Zr+2]=[C](c1ccccc1)c1ccccc1. The van der Waals surface area contributed by atoms with Crippen LogP contribution in [0.1, 0.15) is 117 Å². The average molecular weight is 712 g/mol. The van der Waals surface area contributed by atoms with Gasteiger partial charge in [0.25, 0.3) is 0 Å². The maximum atomic E-state index is 3.63. The molecule has 0 spiro atoms. The molecule has 1 heteroatoms. The van der Waals surface area contributed by atoms with Gasteiger partial charge in [0.05, 0.1) is 0 Å². The van der Waals surface area contributed by atoms with Crippen molar-refractivity contribution >= 4 is 24.8 Å². The van der Waals surface area contributed by atoms with Crippen LogP contribution in [-0.2, 0) is 35.1 Å². The van der Waals surface area contributed by atoms with Gasteiger partial charge in [0.1, 0.15) is 0 Å². The predicted molar refractivity (Wildman–Crippen MR) is 209 cm³/mol. The Hall–Kier alpha value is -3.02. The first-order valence-corrected chi connectivity index (χ1v) is 19.2. The van der Waals surface area contributed by atoms with E-state index in [0.29, 0.717) is 5.92 Å². The number of rotatable bonds is 6. The first-order chi connectivity index (χ1) is 22.8. The second kappa shape index (κ2) is 16.6. The van der Waals surface area contributed by atoms with Crippen LogP contribution in [0.2, 0.25) is 0 Å². The van der Waals surface area contributed by atoms with Gasteiger partial charge in [-0.1, -0.05) is 136 Å². The molecule has 1 aliphatic rings. The summed E-state index contributed by atoms with van der Waals surface area (Å²) in [6.07, 6.45) is 8.41. The van der Waals surface area contributed by atoms with Crippen LogP contribution in [-0.4, -0.2) is 3.21 Å². The summed E-state index contributed by atoms with van der Waals surface area (Å²) >= 11 is 1.46. The quantitative estimate of drug-likeness (QED) is 0.154. The van der Waals surface area contributed by atoms with Crippen molar-refractivity contribution in [3.63, 3.8) is 0 Å². The van der Waals surface area contributed by atoms with Crippen LogP contribution in [0, 0.1) is 12.0 Å². The van der Waals surface area contributed by atoms with E-state index >= 15 is 0 Å². The van der Waals surface area contributed by atoms with Gasteiger partial charge in [0.2, 0.25) is 0 Å². The Labute approximate surface area is 307 Å². The molecule has 0 fully saturated rings. The molecule has 248 valence electrons. The normalized spacial score (nSPS) is 14.8. The minimum atomic E-state index is 0.203. The van der Waals surface area contributed by atoms with Crippen LogP contribution in [0.5, 0.6) is 0 Å². The van der Waals surface area contributed by atoms with Gasteiger partial charge in [-0.25, -0.2) is 5.57 Å².